The van der Waals surface area contributed by atoms with Crippen LogP contribution < -0.4 is 31.7 Å². The number of aryl methyl sites for hydroxylation is 1. The van der Waals surface area contributed by atoms with Gasteiger partial charge >= 0.3 is 0 Å². The highest BCUT2D eigenvalue weighted by Gasteiger charge is 2.43. The van der Waals surface area contributed by atoms with Gasteiger partial charge in [0.2, 0.25) is 0 Å². The quantitative estimate of drug-likeness (QED) is 0.351. The maximum Gasteiger partial charge on any atom is 0.252 e. The van der Waals surface area contributed by atoms with E-state index in [0.717, 1.165) is 16.8 Å². The van der Waals surface area contributed by atoms with E-state index in [0.29, 0.717) is 0 Å². The van der Waals surface area contributed by atoms with Gasteiger partial charge in [-0.1, -0.05) is 72.2 Å². The first-order valence-corrected chi connectivity index (χ1v) is 12.0. The predicted molar refractivity (Wildman–Crippen MR) is 151 cm³/mol. The Balaban J connectivity index is 1.61. The lowest BCUT2D eigenvalue weighted by atomic mass is 9.33. The highest BCUT2D eigenvalue weighted by atomic mass is 15.2. The van der Waals surface area contributed by atoms with Crippen LogP contribution in [-0.2, 0) is 0 Å². The summed E-state index contributed by atoms with van der Waals surface area (Å²) in [5.74, 6) is 0. The molecule has 0 atom stereocenters. The second-order valence-corrected chi connectivity index (χ2v) is 9.37. The summed E-state index contributed by atoms with van der Waals surface area (Å²) >= 11 is 0. The molecule has 0 fully saturated rings. The topological polar surface area (TPSA) is 6.48 Å². The minimum Gasteiger partial charge on any atom is -0.311 e. The van der Waals surface area contributed by atoms with Gasteiger partial charge in [0, 0.05) is 34.1 Å². The van der Waals surface area contributed by atoms with E-state index in [1.54, 1.807) is 0 Å². The van der Waals surface area contributed by atoms with Gasteiger partial charge in [-0.3, -0.25) is 0 Å². The van der Waals surface area contributed by atoms with Gasteiger partial charge in [0.15, 0.2) is 0 Å². The molecular formula is C31H22B2N2. The Labute approximate surface area is 208 Å². The normalized spacial score (nSPS) is 13.2. The standard InChI is InChI=1S/C31H22B2N2/c1-21-18-29-31-30(19-21)35(24-12-6-3-7-13-24)28-17-16-22(32)20-26(28)33(31)25-14-8-9-15-27(25)34(29)23-10-4-2-5-11-23/h2-20H,1H3. The number of anilines is 6. The van der Waals surface area contributed by atoms with Crippen LogP contribution in [0, 0.1) is 6.92 Å². The van der Waals surface area contributed by atoms with Gasteiger partial charge in [0.05, 0.1) is 0 Å². The zero-order valence-electron chi connectivity index (χ0n) is 19.5. The van der Waals surface area contributed by atoms with Crippen molar-refractivity contribution in [2.24, 2.45) is 0 Å². The first-order valence-electron chi connectivity index (χ1n) is 12.0. The summed E-state index contributed by atoms with van der Waals surface area (Å²) in [5, 5.41) is 0. The van der Waals surface area contributed by atoms with Crippen molar-refractivity contribution in [3.8, 4) is 0 Å². The lowest BCUT2D eigenvalue weighted by Gasteiger charge is -2.44. The average Bonchev–Trinajstić information content (AvgIpc) is 2.89. The number of hydrogen-bond donors (Lipinski definition) is 0. The second kappa shape index (κ2) is 7.68. The summed E-state index contributed by atoms with van der Waals surface area (Å²) in [7, 11) is 6.39. The van der Waals surface area contributed by atoms with Crippen molar-refractivity contribution in [1.82, 2.24) is 0 Å². The molecule has 2 nitrogen and oxygen atoms in total. The second-order valence-electron chi connectivity index (χ2n) is 9.37. The molecule has 4 heteroatoms. The van der Waals surface area contributed by atoms with E-state index in [2.05, 4.69) is 126 Å². The van der Waals surface area contributed by atoms with Crippen molar-refractivity contribution in [1.29, 1.82) is 0 Å². The molecule has 2 aliphatic rings. The molecule has 0 aromatic heterocycles. The molecule has 162 valence electrons. The first-order chi connectivity index (χ1) is 17.2. The molecule has 2 heterocycles. The highest BCUT2D eigenvalue weighted by molar-refractivity contribution is 7.00. The summed E-state index contributed by atoms with van der Waals surface area (Å²) in [5.41, 5.74) is 13.0. The smallest absolute Gasteiger partial charge is 0.252 e. The van der Waals surface area contributed by atoms with Crippen LogP contribution >= 0.6 is 0 Å². The summed E-state index contributed by atoms with van der Waals surface area (Å²) in [6.07, 6.45) is 0. The molecule has 0 N–H and O–H groups in total. The fourth-order valence-corrected chi connectivity index (χ4v) is 5.82. The van der Waals surface area contributed by atoms with Gasteiger partial charge in [-0.2, -0.15) is 0 Å². The Bertz CT molecular complexity index is 1560. The van der Waals surface area contributed by atoms with Crippen molar-refractivity contribution in [3.05, 3.63) is 121 Å². The largest absolute Gasteiger partial charge is 0.311 e. The number of para-hydroxylation sites is 3. The van der Waals surface area contributed by atoms with Crippen LogP contribution in [0.3, 0.4) is 0 Å². The van der Waals surface area contributed by atoms with Gasteiger partial charge in [-0.05, 0) is 77.4 Å². The van der Waals surface area contributed by atoms with Crippen LogP contribution in [0.1, 0.15) is 5.56 Å². The van der Waals surface area contributed by atoms with Crippen LogP contribution in [-0.4, -0.2) is 14.6 Å². The Morgan fingerprint density at radius 3 is 1.71 bits per heavy atom. The fraction of sp³-hybridized carbons (Fsp3) is 0.0323. The summed E-state index contributed by atoms with van der Waals surface area (Å²) in [4.78, 5) is 4.81. The highest BCUT2D eigenvalue weighted by Crippen LogP contribution is 2.43. The molecule has 0 amide bonds. The minimum absolute atomic E-state index is 0.107. The number of hydrogen-bond acceptors (Lipinski definition) is 2. The maximum atomic E-state index is 6.39. The van der Waals surface area contributed by atoms with Crippen LogP contribution in [0.5, 0.6) is 0 Å². The number of nitrogens with zero attached hydrogens (tertiary/aromatic N) is 2. The molecule has 0 saturated heterocycles. The summed E-state index contributed by atoms with van der Waals surface area (Å²) < 4.78 is 0. The minimum atomic E-state index is 0.107. The van der Waals surface area contributed by atoms with Crippen LogP contribution in [0.15, 0.2) is 115 Å². The van der Waals surface area contributed by atoms with Gasteiger partial charge < -0.3 is 9.80 Å². The molecule has 0 unspecified atom stereocenters. The van der Waals surface area contributed by atoms with E-state index >= 15 is 0 Å². The Kier molecular flexibility index (Phi) is 4.44. The molecule has 2 radical (unpaired) electrons. The first kappa shape index (κ1) is 20.2. The molecule has 5 aromatic carbocycles. The van der Waals surface area contributed by atoms with Gasteiger partial charge in [0.1, 0.15) is 7.85 Å². The van der Waals surface area contributed by atoms with Gasteiger partial charge in [0.25, 0.3) is 6.71 Å². The molecule has 0 saturated carbocycles. The van der Waals surface area contributed by atoms with Crippen molar-refractivity contribution in [3.63, 3.8) is 0 Å². The van der Waals surface area contributed by atoms with Crippen LogP contribution in [0.25, 0.3) is 0 Å². The van der Waals surface area contributed by atoms with Crippen LogP contribution in [0.4, 0.5) is 34.1 Å². The van der Waals surface area contributed by atoms with Gasteiger partial charge in [-0.15, -0.1) is 0 Å². The molecule has 2 aliphatic heterocycles. The average molecular weight is 444 g/mol. The molecular weight excluding hydrogens is 422 g/mol. The molecule has 5 aromatic rings. The lowest BCUT2D eigenvalue weighted by molar-refractivity contribution is 1.24. The molecule has 35 heavy (non-hydrogen) atoms. The van der Waals surface area contributed by atoms with Crippen LogP contribution in [0.2, 0.25) is 0 Å². The molecule has 0 spiro atoms. The monoisotopic (exact) mass is 444 g/mol. The van der Waals surface area contributed by atoms with Crippen molar-refractivity contribution in [2.75, 3.05) is 9.80 Å². The van der Waals surface area contributed by atoms with E-state index in [-0.39, 0.29) is 6.71 Å². The number of fused-ring (bicyclic) bond motifs is 4. The third kappa shape index (κ3) is 2.99. The predicted octanol–water partition coefficient (Wildman–Crippen LogP) is 4.87. The zero-order chi connectivity index (χ0) is 23.5. The third-order valence-electron chi connectivity index (χ3n) is 7.17. The maximum absolute atomic E-state index is 6.39. The molecule has 0 aliphatic carbocycles. The van der Waals surface area contributed by atoms with Crippen molar-refractivity contribution < 1.29 is 0 Å². The van der Waals surface area contributed by atoms with Gasteiger partial charge in [-0.25, -0.2) is 0 Å². The van der Waals surface area contributed by atoms with E-state index in [9.17, 15) is 0 Å². The SMILES string of the molecule is [B]c1ccc2c(c1)B1c3ccccc3N(c3ccccc3)c3cc(C)cc(c31)N2c1ccccc1. The van der Waals surface area contributed by atoms with E-state index < -0.39 is 0 Å². The molecule has 7 rings (SSSR count). The number of rotatable bonds is 2. The Morgan fingerprint density at radius 2 is 1.09 bits per heavy atom. The Hall–Kier alpha value is -4.17. The molecule has 0 bridgehead atoms. The van der Waals surface area contributed by atoms with Crippen molar-refractivity contribution >= 4 is 70.5 Å². The number of benzene rings is 5. The third-order valence-corrected chi connectivity index (χ3v) is 7.17. The van der Waals surface area contributed by atoms with Crippen molar-refractivity contribution in [2.45, 2.75) is 6.92 Å². The zero-order valence-corrected chi connectivity index (χ0v) is 19.5. The fourth-order valence-electron chi connectivity index (χ4n) is 5.82. The van der Waals surface area contributed by atoms with E-state index in [4.69, 9.17) is 7.85 Å². The summed E-state index contributed by atoms with van der Waals surface area (Å²) in [6.45, 7) is 2.30. The van der Waals surface area contributed by atoms with E-state index in [1.165, 1.54) is 44.7 Å². The lowest BCUT2D eigenvalue weighted by Crippen LogP contribution is -2.61. The van der Waals surface area contributed by atoms with E-state index in [1.807, 2.05) is 6.07 Å². The Morgan fingerprint density at radius 1 is 0.543 bits per heavy atom. The summed E-state index contributed by atoms with van der Waals surface area (Å²) in [6, 6.07) is 41.1.